The van der Waals surface area contributed by atoms with Crippen molar-refractivity contribution in [2.24, 2.45) is 0 Å². The van der Waals surface area contributed by atoms with Crippen LogP contribution in [0.15, 0.2) is 146 Å². The van der Waals surface area contributed by atoms with Crippen LogP contribution in [0.5, 0.6) is 0 Å². The maximum Gasteiger partial charge on any atom is 0.333 e. The van der Waals surface area contributed by atoms with Crippen LogP contribution in [0.25, 0.3) is 76.8 Å². The highest BCUT2D eigenvalue weighted by atomic mass is 16.5. The third kappa shape index (κ3) is 6.80. The number of aryl methyl sites for hydroxylation is 1. The molecular weight excluding hydrogens is 797 g/mol. The van der Waals surface area contributed by atoms with Crippen molar-refractivity contribution >= 4 is 44.3 Å². The molecule has 0 bridgehead atoms. The highest BCUT2D eigenvalue weighted by Crippen LogP contribution is 2.55. The second-order valence-electron chi connectivity index (χ2n) is 20.4. The van der Waals surface area contributed by atoms with E-state index in [1.807, 2.05) is 0 Å². The van der Waals surface area contributed by atoms with Crippen molar-refractivity contribution in [2.75, 3.05) is 13.2 Å². The van der Waals surface area contributed by atoms with Gasteiger partial charge >= 0.3 is 11.9 Å². The summed E-state index contributed by atoms with van der Waals surface area (Å²) in [7, 11) is 0. The fourth-order valence-corrected chi connectivity index (χ4v) is 10.8. The van der Waals surface area contributed by atoms with E-state index in [9.17, 15) is 9.59 Å². The van der Waals surface area contributed by atoms with E-state index in [0.717, 1.165) is 38.9 Å². The summed E-state index contributed by atoms with van der Waals surface area (Å²) in [5.41, 5.74) is 16.7. The van der Waals surface area contributed by atoms with Crippen LogP contribution in [0.2, 0.25) is 0 Å². The summed E-state index contributed by atoms with van der Waals surface area (Å²) in [6, 6.07) is 45.8. The number of benzene rings is 8. The predicted molar refractivity (Wildman–Crippen MR) is 269 cm³/mol. The molecule has 0 saturated heterocycles. The largest absolute Gasteiger partial charge is 0.462 e. The lowest BCUT2D eigenvalue weighted by atomic mass is 9.74. The molecule has 0 radical (unpaired) electrons. The van der Waals surface area contributed by atoms with Gasteiger partial charge in [0.2, 0.25) is 0 Å². The van der Waals surface area contributed by atoms with Crippen LogP contribution >= 0.6 is 0 Å². The Morgan fingerprint density at radius 2 is 1.05 bits per heavy atom. The average molecular weight is 853 g/mol. The summed E-state index contributed by atoms with van der Waals surface area (Å²) in [6.07, 6.45) is 1.17. The molecule has 1 unspecified atom stereocenters. The number of esters is 2. The molecular formula is C61H56O4. The minimum atomic E-state index is -0.670. The van der Waals surface area contributed by atoms with Gasteiger partial charge in [0.25, 0.3) is 0 Å². The van der Waals surface area contributed by atoms with E-state index in [2.05, 4.69) is 176 Å². The molecule has 1 atom stereocenters. The number of ether oxygens (including phenoxy) is 2. The fourth-order valence-electron chi connectivity index (χ4n) is 10.8. The van der Waals surface area contributed by atoms with Crippen LogP contribution in [-0.4, -0.2) is 25.2 Å². The second-order valence-corrected chi connectivity index (χ2v) is 20.4. The molecule has 324 valence electrons. The Kier molecular flexibility index (Phi) is 9.84. The summed E-state index contributed by atoms with van der Waals surface area (Å²) in [5.74, 6) is -0.826. The molecule has 0 amide bonds. The van der Waals surface area contributed by atoms with E-state index in [4.69, 9.17) is 9.47 Å². The average Bonchev–Trinajstić information content (AvgIpc) is 3.68. The molecule has 0 saturated carbocycles. The number of rotatable bonds is 10. The first-order chi connectivity index (χ1) is 31.0. The first kappa shape index (κ1) is 42.2. The molecule has 8 aromatic carbocycles. The molecule has 8 aromatic rings. The van der Waals surface area contributed by atoms with Gasteiger partial charge in [-0.2, -0.15) is 0 Å². The zero-order valence-electron chi connectivity index (χ0n) is 38.9. The smallest absolute Gasteiger partial charge is 0.333 e. The van der Waals surface area contributed by atoms with Crippen molar-refractivity contribution in [3.8, 4) is 44.5 Å². The number of carbonyl (C=O) groups excluding carboxylic acids is 2. The van der Waals surface area contributed by atoms with Crippen LogP contribution in [0.1, 0.15) is 94.7 Å². The monoisotopic (exact) mass is 852 g/mol. The standard InChI is InChI=1S/C61H56O4/c1-35(2)57(62)64-27-11-26-61(34-65-58(63)36(3)4)53-28-37(5)12-20-48(53)49-23-17-40(32-54(49)61)39-16-22-46-47-24-18-41(33-52(47)60(9,10)51(46)31-39)45-21-15-38-13-14-42-29-44(59(6,7)8)30-43-19-25-50(45)56(38)55(42)43/h12-25,28-33H,1,3,11,26-27,34H2,2,4-10H3. The number of fused-ring (bicyclic) bond motifs is 6. The van der Waals surface area contributed by atoms with Crippen molar-refractivity contribution in [1.82, 2.24) is 0 Å². The lowest BCUT2D eigenvalue weighted by Gasteiger charge is -2.32. The topological polar surface area (TPSA) is 52.6 Å². The summed E-state index contributed by atoms with van der Waals surface area (Å²) in [6.45, 7) is 25.0. The SMILES string of the molecule is C=C(C)C(=O)OCCCC1(COC(=O)C(=C)C)c2cc(C)ccc2-c2ccc(-c3ccc4c(c3)C(C)(C)c3cc(-c5ccc6ccc7cc(C(C)(C)C)cc8ccc5c6c78)ccc3-4)cc21. The fraction of sp³-hybridized carbons (Fsp3) is 0.246. The van der Waals surface area contributed by atoms with E-state index in [1.54, 1.807) is 13.8 Å². The Morgan fingerprint density at radius 3 is 1.68 bits per heavy atom. The van der Waals surface area contributed by atoms with Gasteiger partial charge in [0.1, 0.15) is 6.61 Å². The Labute approximate surface area is 383 Å². The van der Waals surface area contributed by atoms with Gasteiger partial charge in [-0.1, -0.05) is 156 Å². The van der Waals surface area contributed by atoms with Gasteiger partial charge < -0.3 is 9.47 Å². The molecule has 0 spiro atoms. The van der Waals surface area contributed by atoms with Gasteiger partial charge in [0, 0.05) is 16.6 Å². The van der Waals surface area contributed by atoms with Crippen molar-refractivity contribution in [3.05, 3.63) is 179 Å². The van der Waals surface area contributed by atoms with Gasteiger partial charge in [0.05, 0.1) is 12.0 Å². The third-order valence-corrected chi connectivity index (χ3v) is 14.4. The number of hydrogen-bond donors (Lipinski definition) is 0. The summed E-state index contributed by atoms with van der Waals surface area (Å²) in [4.78, 5) is 25.4. The first-order valence-electron chi connectivity index (χ1n) is 22.9. The van der Waals surface area contributed by atoms with Gasteiger partial charge in [-0.3, -0.25) is 0 Å². The van der Waals surface area contributed by atoms with Crippen molar-refractivity contribution in [2.45, 2.75) is 84.5 Å². The number of carbonyl (C=O) groups is 2. The molecule has 2 aliphatic rings. The van der Waals surface area contributed by atoms with Gasteiger partial charge in [-0.25, -0.2) is 9.59 Å². The third-order valence-electron chi connectivity index (χ3n) is 14.4. The van der Waals surface area contributed by atoms with Gasteiger partial charge in [-0.05, 0) is 162 Å². The highest BCUT2D eigenvalue weighted by molar-refractivity contribution is 6.25. The lowest BCUT2D eigenvalue weighted by molar-refractivity contribution is -0.140. The molecule has 0 aromatic heterocycles. The van der Waals surface area contributed by atoms with E-state index in [1.165, 1.54) is 71.3 Å². The molecule has 65 heavy (non-hydrogen) atoms. The molecule has 0 aliphatic heterocycles. The first-order valence-corrected chi connectivity index (χ1v) is 22.9. The van der Waals surface area contributed by atoms with E-state index in [-0.39, 0.29) is 24.0 Å². The van der Waals surface area contributed by atoms with E-state index >= 15 is 0 Å². The maximum absolute atomic E-state index is 13.0. The highest BCUT2D eigenvalue weighted by Gasteiger charge is 2.45. The van der Waals surface area contributed by atoms with Crippen LogP contribution < -0.4 is 0 Å². The molecule has 0 N–H and O–H groups in total. The minimum absolute atomic E-state index is 0.0671. The summed E-state index contributed by atoms with van der Waals surface area (Å²) < 4.78 is 11.7. The van der Waals surface area contributed by atoms with Crippen LogP contribution in [0.4, 0.5) is 0 Å². The normalized spacial score (nSPS) is 15.8. The Hall–Kier alpha value is -6.78. The van der Waals surface area contributed by atoms with E-state index in [0.29, 0.717) is 24.0 Å². The van der Waals surface area contributed by atoms with Crippen molar-refractivity contribution in [3.63, 3.8) is 0 Å². The quantitative estimate of drug-likeness (QED) is 0.0595. The Bertz CT molecular complexity index is 3320. The molecule has 2 aliphatic carbocycles. The predicted octanol–water partition coefficient (Wildman–Crippen LogP) is 15.1. The van der Waals surface area contributed by atoms with Crippen LogP contribution in [-0.2, 0) is 35.3 Å². The molecule has 4 nitrogen and oxygen atoms in total. The van der Waals surface area contributed by atoms with Crippen molar-refractivity contribution < 1.29 is 19.1 Å². The maximum atomic E-state index is 13.0. The van der Waals surface area contributed by atoms with Crippen LogP contribution in [0, 0.1) is 6.92 Å². The van der Waals surface area contributed by atoms with E-state index < -0.39 is 17.4 Å². The zero-order valence-corrected chi connectivity index (χ0v) is 38.9. The van der Waals surface area contributed by atoms with Gasteiger partial charge in [0.15, 0.2) is 0 Å². The lowest BCUT2D eigenvalue weighted by Crippen LogP contribution is -2.33. The summed E-state index contributed by atoms with van der Waals surface area (Å²) in [5, 5.41) is 7.83. The molecule has 0 heterocycles. The molecule has 4 heteroatoms. The summed E-state index contributed by atoms with van der Waals surface area (Å²) >= 11 is 0. The number of hydrogen-bond acceptors (Lipinski definition) is 4. The molecule has 10 rings (SSSR count). The van der Waals surface area contributed by atoms with Gasteiger partial charge in [-0.15, -0.1) is 0 Å². The second kappa shape index (κ2) is 15.2. The molecule has 0 fully saturated rings. The Morgan fingerprint density at radius 1 is 0.554 bits per heavy atom. The zero-order chi connectivity index (χ0) is 45.7. The minimum Gasteiger partial charge on any atom is -0.462 e. The Balaban J connectivity index is 1.03. The van der Waals surface area contributed by atoms with Crippen LogP contribution in [0.3, 0.4) is 0 Å². The van der Waals surface area contributed by atoms with Crippen molar-refractivity contribution in [1.29, 1.82) is 0 Å².